The SMILES string of the molecule is CCN(CC)S(=O)(=O)c1ccc(CNC(=O)CCc2cccc(Br)c2)cc1. The summed E-state index contributed by atoms with van der Waals surface area (Å²) in [5.41, 5.74) is 1.97. The minimum Gasteiger partial charge on any atom is -0.352 e. The molecule has 2 aromatic rings. The van der Waals surface area contributed by atoms with Crippen LogP contribution in [-0.4, -0.2) is 31.7 Å². The summed E-state index contributed by atoms with van der Waals surface area (Å²) in [6.45, 7) is 4.89. The highest BCUT2D eigenvalue weighted by Crippen LogP contribution is 2.16. The number of benzene rings is 2. The zero-order valence-corrected chi connectivity index (χ0v) is 18.0. The Morgan fingerprint density at radius 2 is 1.70 bits per heavy atom. The van der Waals surface area contributed by atoms with E-state index in [1.54, 1.807) is 24.3 Å². The van der Waals surface area contributed by atoms with E-state index in [1.807, 2.05) is 38.1 Å². The number of carbonyl (C=O) groups excluding carboxylic acids is 1. The predicted molar refractivity (Wildman–Crippen MR) is 111 cm³/mol. The van der Waals surface area contributed by atoms with Crippen LogP contribution in [0.1, 0.15) is 31.4 Å². The van der Waals surface area contributed by atoms with E-state index in [4.69, 9.17) is 0 Å². The largest absolute Gasteiger partial charge is 0.352 e. The van der Waals surface area contributed by atoms with E-state index in [0.717, 1.165) is 15.6 Å². The van der Waals surface area contributed by atoms with Gasteiger partial charge in [0.15, 0.2) is 0 Å². The van der Waals surface area contributed by atoms with Gasteiger partial charge in [0.05, 0.1) is 4.90 Å². The first-order chi connectivity index (χ1) is 12.9. The van der Waals surface area contributed by atoms with Crippen molar-refractivity contribution >= 4 is 31.9 Å². The predicted octanol–water partition coefficient (Wildman–Crippen LogP) is 3.73. The van der Waals surface area contributed by atoms with Crippen LogP contribution < -0.4 is 5.32 Å². The van der Waals surface area contributed by atoms with Gasteiger partial charge in [-0.15, -0.1) is 0 Å². The highest BCUT2D eigenvalue weighted by molar-refractivity contribution is 9.10. The molecule has 0 fully saturated rings. The Kier molecular flexibility index (Phi) is 8.01. The minimum atomic E-state index is -3.45. The first-order valence-electron chi connectivity index (χ1n) is 8.97. The smallest absolute Gasteiger partial charge is 0.243 e. The van der Waals surface area contributed by atoms with Crippen LogP contribution in [-0.2, 0) is 27.8 Å². The Labute approximate surface area is 170 Å². The summed E-state index contributed by atoms with van der Waals surface area (Å²) in [7, 11) is -3.45. The van der Waals surface area contributed by atoms with Crippen molar-refractivity contribution in [3.63, 3.8) is 0 Å². The van der Waals surface area contributed by atoms with Gasteiger partial charge in [-0.1, -0.05) is 54.0 Å². The van der Waals surface area contributed by atoms with Gasteiger partial charge >= 0.3 is 0 Å². The number of amides is 1. The van der Waals surface area contributed by atoms with E-state index in [1.165, 1.54) is 4.31 Å². The van der Waals surface area contributed by atoms with Gasteiger partial charge in [-0.2, -0.15) is 4.31 Å². The third-order valence-corrected chi connectivity index (χ3v) is 6.84. The molecule has 0 radical (unpaired) electrons. The third-order valence-electron chi connectivity index (χ3n) is 4.29. The molecule has 0 aromatic heterocycles. The molecular formula is C20H25BrN2O3S. The van der Waals surface area contributed by atoms with Crippen molar-refractivity contribution in [1.29, 1.82) is 0 Å². The van der Waals surface area contributed by atoms with Crippen molar-refractivity contribution in [1.82, 2.24) is 9.62 Å². The zero-order chi connectivity index (χ0) is 19.9. The Balaban J connectivity index is 1.88. The van der Waals surface area contributed by atoms with Gasteiger partial charge in [0, 0.05) is 30.5 Å². The van der Waals surface area contributed by atoms with Crippen molar-refractivity contribution in [2.75, 3.05) is 13.1 Å². The number of hydrogen-bond donors (Lipinski definition) is 1. The Hall–Kier alpha value is -1.70. The quantitative estimate of drug-likeness (QED) is 0.629. The Bertz CT molecular complexity index is 863. The highest BCUT2D eigenvalue weighted by Gasteiger charge is 2.21. The topological polar surface area (TPSA) is 66.5 Å². The van der Waals surface area contributed by atoms with Crippen LogP contribution in [0.5, 0.6) is 0 Å². The van der Waals surface area contributed by atoms with Gasteiger partial charge in [-0.05, 0) is 41.8 Å². The Morgan fingerprint density at radius 3 is 2.30 bits per heavy atom. The van der Waals surface area contributed by atoms with Crippen LogP contribution in [0.3, 0.4) is 0 Å². The van der Waals surface area contributed by atoms with E-state index in [-0.39, 0.29) is 10.8 Å². The first kappa shape index (κ1) is 21.6. The van der Waals surface area contributed by atoms with E-state index in [9.17, 15) is 13.2 Å². The molecule has 27 heavy (non-hydrogen) atoms. The minimum absolute atomic E-state index is 0.0326. The van der Waals surface area contributed by atoms with Crippen molar-refractivity contribution in [2.24, 2.45) is 0 Å². The molecule has 7 heteroatoms. The van der Waals surface area contributed by atoms with Crippen molar-refractivity contribution in [2.45, 2.75) is 38.1 Å². The molecular weight excluding hydrogens is 428 g/mol. The lowest BCUT2D eigenvalue weighted by Crippen LogP contribution is -2.30. The number of halogens is 1. The fourth-order valence-electron chi connectivity index (χ4n) is 2.73. The van der Waals surface area contributed by atoms with Crippen LogP contribution in [0.25, 0.3) is 0 Å². The number of nitrogens with zero attached hydrogens (tertiary/aromatic N) is 1. The summed E-state index contributed by atoms with van der Waals surface area (Å²) in [5, 5.41) is 2.88. The molecule has 1 amide bonds. The Morgan fingerprint density at radius 1 is 1.04 bits per heavy atom. The van der Waals surface area contributed by atoms with Gasteiger partial charge in [0.1, 0.15) is 0 Å². The maximum atomic E-state index is 12.5. The summed E-state index contributed by atoms with van der Waals surface area (Å²) in [5.74, 6) is -0.0326. The monoisotopic (exact) mass is 452 g/mol. The lowest BCUT2D eigenvalue weighted by atomic mass is 10.1. The van der Waals surface area contributed by atoms with Crippen molar-refractivity contribution in [3.8, 4) is 0 Å². The van der Waals surface area contributed by atoms with Crippen LogP contribution in [0.4, 0.5) is 0 Å². The summed E-state index contributed by atoms with van der Waals surface area (Å²) in [4.78, 5) is 12.3. The molecule has 0 spiro atoms. The molecule has 0 bridgehead atoms. The summed E-state index contributed by atoms with van der Waals surface area (Å²) in [6.07, 6.45) is 1.08. The van der Waals surface area contributed by atoms with Crippen molar-refractivity contribution in [3.05, 3.63) is 64.1 Å². The number of rotatable bonds is 9. The second-order valence-electron chi connectivity index (χ2n) is 6.14. The van der Waals surface area contributed by atoms with Crippen LogP contribution in [0.2, 0.25) is 0 Å². The number of aryl methyl sites for hydroxylation is 1. The summed E-state index contributed by atoms with van der Waals surface area (Å²) in [6, 6.07) is 14.6. The molecule has 0 aliphatic carbocycles. The lowest BCUT2D eigenvalue weighted by Gasteiger charge is -2.18. The summed E-state index contributed by atoms with van der Waals surface area (Å²) < 4.78 is 27.4. The zero-order valence-electron chi connectivity index (χ0n) is 15.6. The van der Waals surface area contributed by atoms with Crippen LogP contribution in [0.15, 0.2) is 57.9 Å². The lowest BCUT2D eigenvalue weighted by molar-refractivity contribution is -0.121. The third kappa shape index (κ3) is 6.16. The standard InChI is InChI=1S/C20H25BrN2O3S/c1-3-23(4-2)27(25,26)19-11-8-17(9-12-19)15-22-20(24)13-10-16-6-5-7-18(21)14-16/h5-9,11-12,14H,3-4,10,13,15H2,1-2H3,(H,22,24). The fourth-order valence-corrected chi connectivity index (χ4v) is 4.64. The highest BCUT2D eigenvalue weighted by atomic mass is 79.9. The number of hydrogen-bond acceptors (Lipinski definition) is 3. The molecule has 0 unspecified atom stereocenters. The maximum Gasteiger partial charge on any atom is 0.243 e. The second kappa shape index (κ2) is 10.0. The molecule has 0 heterocycles. The van der Waals surface area contributed by atoms with Gasteiger partial charge in [-0.25, -0.2) is 8.42 Å². The molecule has 146 valence electrons. The molecule has 0 atom stereocenters. The molecule has 0 aliphatic heterocycles. The molecule has 5 nitrogen and oxygen atoms in total. The van der Waals surface area contributed by atoms with E-state index >= 15 is 0 Å². The normalized spacial score (nSPS) is 11.6. The molecule has 2 rings (SSSR count). The van der Waals surface area contributed by atoms with E-state index in [0.29, 0.717) is 32.5 Å². The van der Waals surface area contributed by atoms with E-state index < -0.39 is 10.0 Å². The number of sulfonamides is 1. The first-order valence-corrected chi connectivity index (χ1v) is 11.2. The number of nitrogens with one attached hydrogen (secondary N) is 1. The maximum absolute atomic E-state index is 12.5. The molecule has 2 aromatic carbocycles. The molecule has 1 N–H and O–H groups in total. The van der Waals surface area contributed by atoms with E-state index in [2.05, 4.69) is 21.2 Å². The van der Waals surface area contributed by atoms with Gasteiger partial charge in [0.2, 0.25) is 15.9 Å². The van der Waals surface area contributed by atoms with Crippen LogP contribution in [0, 0.1) is 0 Å². The fraction of sp³-hybridized carbons (Fsp3) is 0.350. The average molecular weight is 453 g/mol. The van der Waals surface area contributed by atoms with Gasteiger partial charge < -0.3 is 5.32 Å². The second-order valence-corrected chi connectivity index (χ2v) is 8.99. The van der Waals surface area contributed by atoms with Crippen molar-refractivity contribution < 1.29 is 13.2 Å². The molecule has 0 saturated heterocycles. The summed E-state index contributed by atoms with van der Waals surface area (Å²) >= 11 is 3.42. The molecule has 0 aliphatic rings. The van der Waals surface area contributed by atoms with Gasteiger partial charge in [0.25, 0.3) is 0 Å². The average Bonchev–Trinajstić information content (AvgIpc) is 2.66. The molecule has 0 saturated carbocycles. The van der Waals surface area contributed by atoms with Crippen LogP contribution >= 0.6 is 15.9 Å². The van der Waals surface area contributed by atoms with Gasteiger partial charge in [-0.3, -0.25) is 4.79 Å². The number of carbonyl (C=O) groups is 1.